The second-order valence-corrected chi connectivity index (χ2v) is 5.21. The molecule has 0 saturated carbocycles. The highest BCUT2D eigenvalue weighted by Gasteiger charge is 2.06. The second kappa shape index (κ2) is 4.27. The van der Waals surface area contributed by atoms with E-state index in [9.17, 15) is 0 Å². The first-order valence-corrected chi connectivity index (χ1v) is 6.18. The van der Waals surface area contributed by atoms with Gasteiger partial charge in [0.05, 0.1) is 10.7 Å². The Morgan fingerprint density at radius 1 is 1.47 bits per heavy atom. The third-order valence-corrected chi connectivity index (χ3v) is 3.39. The van der Waals surface area contributed by atoms with Gasteiger partial charge in [0.25, 0.3) is 0 Å². The summed E-state index contributed by atoms with van der Waals surface area (Å²) in [5.41, 5.74) is 1.96. The maximum Gasteiger partial charge on any atom is 0.182 e. The first kappa shape index (κ1) is 11.2. The molecule has 2 aromatic rings. The van der Waals surface area contributed by atoms with Gasteiger partial charge in [0.2, 0.25) is 0 Å². The van der Waals surface area contributed by atoms with Crippen LogP contribution in [0.25, 0.3) is 5.69 Å². The number of nitrogens with zero attached hydrogens (tertiary/aromatic N) is 1. The number of H-pyrrole nitrogens is 1. The van der Waals surface area contributed by atoms with Crippen LogP contribution in [-0.4, -0.2) is 9.55 Å². The van der Waals surface area contributed by atoms with Crippen LogP contribution in [-0.2, 0) is 0 Å². The molecule has 1 aromatic carbocycles. The molecular formula is C10H8ClIN2S. The zero-order chi connectivity index (χ0) is 11.0. The van der Waals surface area contributed by atoms with Crippen LogP contribution in [0, 0.1) is 15.3 Å². The molecule has 0 unspecified atom stereocenters. The van der Waals surface area contributed by atoms with E-state index in [1.54, 1.807) is 0 Å². The normalized spacial score (nSPS) is 10.6. The van der Waals surface area contributed by atoms with Crippen molar-refractivity contribution < 1.29 is 0 Å². The lowest BCUT2D eigenvalue weighted by Gasteiger charge is -2.07. The van der Waals surface area contributed by atoms with E-state index in [0.717, 1.165) is 15.0 Å². The molecule has 0 saturated heterocycles. The molecule has 0 radical (unpaired) electrons. The maximum atomic E-state index is 6.18. The Morgan fingerprint density at radius 2 is 2.20 bits per heavy atom. The number of aryl methyl sites for hydroxylation is 1. The molecular weight excluding hydrogens is 343 g/mol. The lowest BCUT2D eigenvalue weighted by molar-refractivity contribution is 0.985. The Hall–Kier alpha value is -0.330. The summed E-state index contributed by atoms with van der Waals surface area (Å²) >= 11 is 13.6. The number of aromatic amines is 1. The van der Waals surface area contributed by atoms with Crippen molar-refractivity contribution in [3.05, 3.63) is 43.5 Å². The number of benzene rings is 1. The lowest BCUT2D eigenvalue weighted by Crippen LogP contribution is -1.97. The van der Waals surface area contributed by atoms with Gasteiger partial charge >= 0.3 is 0 Å². The Morgan fingerprint density at radius 3 is 2.73 bits per heavy atom. The summed E-state index contributed by atoms with van der Waals surface area (Å²) in [7, 11) is 0. The van der Waals surface area contributed by atoms with E-state index in [4.69, 9.17) is 23.8 Å². The smallest absolute Gasteiger partial charge is 0.182 e. The Bertz CT molecular complexity index is 559. The van der Waals surface area contributed by atoms with E-state index in [-0.39, 0.29) is 0 Å². The largest absolute Gasteiger partial charge is 0.337 e. The average Bonchev–Trinajstić information content (AvgIpc) is 2.48. The van der Waals surface area contributed by atoms with Crippen LogP contribution >= 0.6 is 46.4 Å². The molecule has 2 rings (SSSR count). The summed E-state index contributed by atoms with van der Waals surface area (Å²) in [5.74, 6) is 0. The van der Waals surface area contributed by atoms with Crippen LogP contribution in [0.4, 0.5) is 0 Å². The molecule has 0 aliphatic carbocycles. The number of rotatable bonds is 1. The predicted octanol–water partition coefficient (Wildman–Crippen LogP) is 4.10. The molecule has 0 bridgehead atoms. The molecule has 0 spiro atoms. The Balaban J connectivity index is 2.69. The number of nitrogens with one attached hydrogen (secondary N) is 1. The van der Waals surface area contributed by atoms with Gasteiger partial charge < -0.3 is 4.98 Å². The third-order valence-electron chi connectivity index (χ3n) is 2.11. The fraction of sp³-hybridized carbons (Fsp3) is 0.100. The van der Waals surface area contributed by atoms with Gasteiger partial charge in [-0.25, -0.2) is 0 Å². The van der Waals surface area contributed by atoms with Gasteiger partial charge in [0, 0.05) is 15.5 Å². The molecule has 1 N–H and O–H groups in total. The zero-order valence-corrected chi connectivity index (χ0v) is 11.7. The van der Waals surface area contributed by atoms with Crippen LogP contribution in [0.2, 0.25) is 5.02 Å². The number of hydrogen-bond acceptors (Lipinski definition) is 1. The van der Waals surface area contributed by atoms with Crippen molar-refractivity contribution >= 4 is 46.4 Å². The van der Waals surface area contributed by atoms with E-state index in [2.05, 4.69) is 27.6 Å². The highest BCUT2D eigenvalue weighted by Crippen LogP contribution is 2.24. The average molecular weight is 351 g/mol. The number of imidazole rings is 1. The highest BCUT2D eigenvalue weighted by atomic mass is 127. The molecule has 0 atom stereocenters. The Kier molecular flexibility index (Phi) is 3.18. The van der Waals surface area contributed by atoms with Gasteiger partial charge in [-0.3, -0.25) is 4.57 Å². The SMILES string of the molecule is Cc1c[nH]c(=S)n1-c1ccc(I)cc1Cl. The minimum absolute atomic E-state index is 0.663. The molecule has 15 heavy (non-hydrogen) atoms. The minimum atomic E-state index is 0.663. The summed E-state index contributed by atoms with van der Waals surface area (Å²) < 4.78 is 3.70. The molecule has 0 aliphatic heterocycles. The molecule has 78 valence electrons. The zero-order valence-electron chi connectivity index (χ0n) is 7.92. The fourth-order valence-electron chi connectivity index (χ4n) is 1.42. The van der Waals surface area contributed by atoms with Crippen molar-refractivity contribution in [1.29, 1.82) is 0 Å². The first-order valence-electron chi connectivity index (χ1n) is 4.32. The number of halogens is 2. The van der Waals surface area contributed by atoms with Gasteiger partial charge in [-0.15, -0.1) is 0 Å². The van der Waals surface area contributed by atoms with E-state index in [1.165, 1.54) is 0 Å². The van der Waals surface area contributed by atoms with Crippen molar-refractivity contribution in [2.45, 2.75) is 6.92 Å². The predicted molar refractivity (Wildman–Crippen MR) is 73.4 cm³/mol. The van der Waals surface area contributed by atoms with Crippen LogP contribution in [0.3, 0.4) is 0 Å². The quantitative estimate of drug-likeness (QED) is 0.606. The van der Waals surface area contributed by atoms with Crippen LogP contribution < -0.4 is 0 Å². The molecule has 1 aromatic heterocycles. The van der Waals surface area contributed by atoms with E-state index in [1.807, 2.05) is 35.9 Å². The minimum Gasteiger partial charge on any atom is -0.337 e. The van der Waals surface area contributed by atoms with E-state index >= 15 is 0 Å². The molecule has 2 nitrogen and oxygen atoms in total. The third kappa shape index (κ3) is 2.11. The maximum absolute atomic E-state index is 6.18. The first-order chi connectivity index (χ1) is 7.09. The van der Waals surface area contributed by atoms with Gasteiger partial charge in [0.15, 0.2) is 4.77 Å². The van der Waals surface area contributed by atoms with Gasteiger partial charge in [0.1, 0.15) is 0 Å². The van der Waals surface area contributed by atoms with Crippen LogP contribution in [0.5, 0.6) is 0 Å². The summed E-state index contributed by atoms with van der Waals surface area (Å²) in [6.07, 6.45) is 1.87. The van der Waals surface area contributed by atoms with Crippen molar-refractivity contribution in [2.24, 2.45) is 0 Å². The lowest BCUT2D eigenvalue weighted by atomic mass is 10.3. The van der Waals surface area contributed by atoms with Crippen molar-refractivity contribution in [3.8, 4) is 5.69 Å². The van der Waals surface area contributed by atoms with Crippen molar-refractivity contribution in [2.75, 3.05) is 0 Å². The monoisotopic (exact) mass is 350 g/mol. The van der Waals surface area contributed by atoms with E-state index in [0.29, 0.717) is 9.79 Å². The summed E-state index contributed by atoms with van der Waals surface area (Å²) in [4.78, 5) is 2.99. The van der Waals surface area contributed by atoms with E-state index < -0.39 is 0 Å². The molecule has 0 aliphatic rings. The molecule has 5 heteroatoms. The molecule has 0 fully saturated rings. The second-order valence-electron chi connectivity index (χ2n) is 3.17. The van der Waals surface area contributed by atoms with Gasteiger partial charge in [-0.05, 0) is 59.9 Å². The van der Waals surface area contributed by atoms with Crippen molar-refractivity contribution in [1.82, 2.24) is 9.55 Å². The molecule has 1 heterocycles. The number of aromatic nitrogens is 2. The molecule has 0 amide bonds. The number of hydrogen-bond donors (Lipinski definition) is 1. The summed E-state index contributed by atoms with van der Waals surface area (Å²) in [5, 5.41) is 0.709. The topological polar surface area (TPSA) is 20.7 Å². The summed E-state index contributed by atoms with van der Waals surface area (Å²) in [6, 6.07) is 5.91. The van der Waals surface area contributed by atoms with Gasteiger partial charge in [-0.1, -0.05) is 11.6 Å². The van der Waals surface area contributed by atoms with Gasteiger partial charge in [-0.2, -0.15) is 0 Å². The fourth-order valence-corrected chi connectivity index (χ4v) is 2.66. The summed E-state index contributed by atoms with van der Waals surface area (Å²) in [6.45, 7) is 1.99. The van der Waals surface area contributed by atoms with Crippen molar-refractivity contribution in [3.63, 3.8) is 0 Å². The standard InChI is InChI=1S/C10H8ClIN2S/c1-6-5-13-10(15)14(6)9-3-2-7(12)4-8(9)11/h2-5H,1H3,(H,13,15). The van der Waals surface area contributed by atoms with Crippen LogP contribution in [0.15, 0.2) is 24.4 Å². The highest BCUT2D eigenvalue weighted by molar-refractivity contribution is 14.1. The van der Waals surface area contributed by atoms with Crippen LogP contribution in [0.1, 0.15) is 5.69 Å². The Labute approximate surface area is 111 Å².